The number of hydrogen-bond donors (Lipinski definition) is 1. The molecule has 6 heteroatoms. The Balaban J connectivity index is 3.83. The maximum absolute atomic E-state index is 14.1. The Kier molecular flexibility index (Phi) is 12.2. The van der Waals surface area contributed by atoms with Crippen molar-refractivity contribution in [3.8, 4) is 5.75 Å². The van der Waals surface area contributed by atoms with Crippen LogP contribution in [0.25, 0.3) is 5.57 Å². The number of benzene rings is 1. The van der Waals surface area contributed by atoms with Crippen molar-refractivity contribution in [2.45, 2.75) is 72.6 Å². The van der Waals surface area contributed by atoms with Crippen molar-refractivity contribution in [3.05, 3.63) is 71.4 Å². The van der Waals surface area contributed by atoms with E-state index in [0.29, 0.717) is 35.5 Å². The van der Waals surface area contributed by atoms with Gasteiger partial charge in [-0.3, -0.25) is 5.26 Å². The lowest BCUT2D eigenvalue weighted by Gasteiger charge is -2.22. The molecule has 0 heterocycles. The van der Waals surface area contributed by atoms with Gasteiger partial charge in [0.2, 0.25) is 0 Å². The van der Waals surface area contributed by atoms with Gasteiger partial charge >= 0.3 is 6.18 Å². The minimum absolute atomic E-state index is 0.00461. The summed E-state index contributed by atoms with van der Waals surface area (Å²) in [6, 6.07) is 4.04. The van der Waals surface area contributed by atoms with Gasteiger partial charge in [-0.2, -0.15) is 13.2 Å². The molecular weight excluding hydrogens is 429 g/mol. The van der Waals surface area contributed by atoms with Crippen LogP contribution in [0.2, 0.25) is 0 Å². The Bertz CT molecular complexity index is 847. The molecule has 0 aliphatic rings. The predicted molar refractivity (Wildman–Crippen MR) is 129 cm³/mol. The van der Waals surface area contributed by atoms with Crippen LogP contribution in [0.5, 0.6) is 5.75 Å². The third-order valence-corrected chi connectivity index (χ3v) is 5.70. The van der Waals surface area contributed by atoms with Crippen LogP contribution in [-0.2, 0) is 11.1 Å². The standard InChI is InChI=1S/C27H37F3O3/c1-7-19(5)13-11-14-22(17-20(6)21(8-2)18-32-31)26-24(27(28,29)30)15-12-16-25(26)33-23(9-3)10-4/h8,11-12,14-17,19,23,31H,2,7,9-10,13,18H2,1,3-6H3/b14-11-,21-20-,22-17+. The summed E-state index contributed by atoms with van der Waals surface area (Å²) in [5.74, 6) is 0.605. The van der Waals surface area contributed by atoms with Crippen molar-refractivity contribution in [1.29, 1.82) is 0 Å². The molecule has 0 saturated heterocycles. The van der Waals surface area contributed by atoms with Crippen molar-refractivity contribution in [2.24, 2.45) is 5.92 Å². The first-order valence-corrected chi connectivity index (χ1v) is 11.5. The maximum Gasteiger partial charge on any atom is 0.417 e. The molecule has 3 nitrogen and oxygen atoms in total. The van der Waals surface area contributed by atoms with E-state index in [4.69, 9.17) is 9.99 Å². The van der Waals surface area contributed by atoms with Gasteiger partial charge in [0.25, 0.3) is 0 Å². The van der Waals surface area contributed by atoms with Crippen LogP contribution in [0.15, 0.2) is 60.2 Å². The summed E-state index contributed by atoms with van der Waals surface area (Å²) in [6.45, 7) is 13.4. The fourth-order valence-electron chi connectivity index (χ4n) is 3.33. The summed E-state index contributed by atoms with van der Waals surface area (Å²) < 4.78 is 48.3. The summed E-state index contributed by atoms with van der Waals surface area (Å²) in [7, 11) is 0. The molecule has 1 atom stereocenters. The first-order valence-electron chi connectivity index (χ1n) is 11.5. The van der Waals surface area contributed by atoms with E-state index in [1.54, 1.807) is 25.1 Å². The zero-order valence-electron chi connectivity index (χ0n) is 20.3. The van der Waals surface area contributed by atoms with Crippen molar-refractivity contribution < 1.29 is 28.1 Å². The van der Waals surface area contributed by atoms with Crippen LogP contribution in [-0.4, -0.2) is 18.0 Å². The summed E-state index contributed by atoms with van der Waals surface area (Å²) >= 11 is 0. The molecule has 0 spiro atoms. The highest BCUT2D eigenvalue weighted by Gasteiger charge is 2.35. The highest BCUT2D eigenvalue weighted by molar-refractivity contribution is 5.82. The molecule has 0 bridgehead atoms. The van der Waals surface area contributed by atoms with E-state index >= 15 is 0 Å². The summed E-state index contributed by atoms with van der Waals surface area (Å²) in [5.41, 5.74) is 0.827. The molecular formula is C27H37F3O3. The van der Waals surface area contributed by atoms with Gasteiger partial charge in [0.1, 0.15) is 12.4 Å². The van der Waals surface area contributed by atoms with Crippen molar-refractivity contribution in [3.63, 3.8) is 0 Å². The third-order valence-electron chi connectivity index (χ3n) is 5.70. The van der Waals surface area contributed by atoms with Gasteiger partial charge in [0.15, 0.2) is 0 Å². The lowest BCUT2D eigenvalue weighted by atomic mass is 9.94. The second-order valence-electron chi connectivity index (χ2n) is 8.17. The SMILES string of the molecule is C=C/C(COO)=C(C)/C=C(\C=C/CC(C)CC)c1c(OC(CC)CC)cccc1C(F)(F)F. The fraction of sp³-hybridized carbons (Fsp3) is 0.481. The molecule has 0 amide bonds. The van der Waals surface area contributed by atoms with E-state index in [-0.39, 0.29) is 24.0 Å². The maximum atomic E-state index is 14.1. The molecule has 0 radical (unpaired) electrons. The second-order valence-corrected chi connectivity index (χ2v) is 8.17. The van der Waals surface area contributed by atoms with Crippen LogP contribution < -0.4 is 4.74 Å². The molecule has 0 aliphatic carbocycles. The van der Waals surface area contributed by atoms with Gasteiger partial charge in [0, 0.05) is 5.56 Å². The topological polar surface area (TPSA) is 38.7 Å². The van der Waals surface area contributed by atoms with Gasteiger partial charge in [-0.1, -0.05) is 71.1 Å². The van der Waals surface area contributed by atoms with Crippen LogP contribution >= 0.6 is 0 Å². The number of alkyl halides is 3. The molecule has 1 unspecified atom stereocenters. The number of halogens is 3. The Morgan fingerprint density at radius 1 is 1.15 bits per heavy atom. The molecule has 1 aromatic rings. The van der Waals surface area contributed by atoms with Crippen molar-refractivity contribution in [1.82, 2.24) is 0 Å². The molecule has 33 heavy (non-hydrogen) atoms. The zero-order chi connectivity index (χ0) is 25.0. The van der Waals surface area contributed by atoms with Gasteiger partial charge in [-0.15, -0.1) is 0 Å². The lowest BCUT2D eigenvalue weighted by Crippen LogP contribution is -2.17. The Hall–Kier alpha value is -2.31. The zero-order valence-corrected chi connectivity index (χ0v) is 20.3. The van der Waals surface area contributed by atoms with Crippen LogP contribution in [0, 0.1) is 5.92 Å². The monoisotopic (exact) mass is 466 g/mol. The summed E-state index contributed by atoms with van der Waals surface area (Å²) in [6.07, 6.45) is 5.12. The van der Waals surface area contributed by atoms with Crippen LogP contribution in [0.4, 0.5) is 13.2 Å². The van der Waals surface area contributed by atoms with Crippen molar-refractivity contribution >= 4 is 5.57 Å². The van der Waals surface area contributed by atoms with Crippen molar-refractivity contribution in [2.75, 3.05) is 6.61 Å². The lowest BCUT2D eigenvalue weighted by molar-refractivity contribution is -0.233. The molecule has 0 aliphatic heterocycles. The molecule has 1 aromatic carbocycles. The smallest absolute Gasteiger partial charge is 0.417 e. The molecule has 184 valence electrons. The van der Waals surface area contributed by atoms with E-state index in [1.165, 1.54) is 12.1 Å². The highest BCUT2D eigenvalue weighted by atomic mass is 19.4. The Morgan fingerprint density at radius 2 is 1.82 bits per heavy atom. The summed E-state index contributed by atoms with van der Waals surface area (Å²) in [5, 5.41) is 8.86. The molecule has 0 aromatic heterocycles. The first-order chi connectivity index (χ1) is 15.6. The average Bonchev–Trinajstić information content (AvgIpc) is 2.79. The number of allylic oxidation sites excluding steroid dienone is 5. The number of ether oxygens (including phenoxy) is 1. The van der Waals surface area contributed by atoms with Gasteiger partial charge in [-0.05, 0) is 61.0 Å². The summed E-state index contributed by atoms with van der Waals surface area (Å²) in [4.78, 5) is 4.23. The largest absolute Gasteiger partial charge is 0.490 e. The molecule has 1 N–H and O–H groups in total. The Morgan fingerprint density at radius 3 is 2.33 bits per heavy atom. The van der Waals surface area contributed by atoms with E-state index < -0.39 is 11.7 Å². The highest BCUT2D eigenvalue weighted by Crippen LogP contribution is 2.41. The average molecular weight is 467 g/mol. The molecule has 0 saturated carbocycles. The van der Waals surface area contributed by atoms with Crippen LogP contribution in [0.1, 0.15) is 71.4 Å². The van der Waals surface area contributed by atoms with Crippen LogP contribution in [0.3, 0.4) is 0 Å². The normalized spacial score (nSPS) is 14.5. The van der Waals surface area contributed by atoms with Gasteiger partial charge in [-0.25, -0.2) is 4.89 Å². The van der Waals surface area contributed by atoms with E-state index in [0.717, 1.165) is 18.9 Å². The van der Waals surface area contributed by atoms with E-state index in [2.05, 4.69) is 25.3 Å². The number of hydrogen-bond acceptors (Lipinski definition) is 3. The minimum Gasteiger partial charge on any atom is -0.490 e. The third kappa shape index (κ3) is 8.86. The molecule has 0 fully saturated rings. The van der Waals surface area contributed by atoms with Gasteiger partial charge in [0.05, 0.1) is 11.7 Å². The fourth-order valence-corrected chi connectivity index (χ4v) is 3.33. The molecule has 1 rings (SSSR count). The number of rotatable bonds is 13. The Labute approximate surface area is 196 Å². The predicted octanol–water partition coefficient (Wildman–Crippen LogP) is 8.64. The quantitative estimate of drug-likeness (QED) is 0.180. The first kappa shape index (κ1) is 28.7. The second kappa shape index (κ2) is 14.1. The van der Waals surface area contributed by atoms with E-state index in [1.807, 2.05) is 19.9 Å². The van der Waals surface area contributed by atoms with E-state index in [9.17, 15) is 13.2 Å². The van der Waals surface area contributed by atoms with Gasteiger partial charge < -0.3 is 4.74 Å². The minimum atomic E-state index is -4.56.